The van der Waals surface area contributed by atoms with Gasteiger partial charge in [-0.25, -0.2) is 8.42 Å². The van der Waals surface area contributed by atoms with Crippen molar-refractivity contribution < 1.29 is 21.9 Å². The summed E-state index contributed by atoms with van der Waals surface area (Å²) in [6, 6.07) is 5.09. The van der Waals surface area contributed by atoms with Crippen LogP contribution in [0.2, 0.25) is 0 Å². The molecule has 1 heterocycles. The number of ether oxygens (including phenoxy) is 1. The topological polar surface area (TPSA) is 58.6 Å². The summed E-state index contributed by atoms with van der Waals surface area (Å²) in [6.45, 7) is 0.347. The lowest BCUT2D eigenvalue weighted by Gasteiger charge is -2.31. The molecule has 1 fully saturated rings. The Hall–Kier alpha value is -1.25. The van der Waals surface area contributed by atoms with E-state index >= 15 is 0 Å². The van der Waals surface area contributed by atoms with Crippen LogP contribution in [0.5, 0.6) is 5.75 Å². The Morgan fingerprint density at radius 2 is 2.00 bits per heavy atom. The minimum Gasteiger partial charge on any atom is -0.435 e. The normalized spacial score (nSPS) is 21.1. The average Bonchev–Trinajstić information content (AvgIpc) is 2.38. The standard InChI is InChI=1S/C12H16F2N2O3S/c1-9-8-16(7-6-15-9)20(17,18)11-4-2-10(3-5-11)19-12(13)14/h2-5,9,12,15H,6-8H2,1H3/t9-/m0/s1. The number of nitrogens with zero attached hydrogens (tertiary/aromatic N) is 1. The molecule has 20 heavy (non-hydrogen) atoms. The molecule has 1 aliphatic rings. The number of piperazine rings is 1. The monoisotopic (exact) mass is 306 g/mol. The first kappa shape index (κ1) is 15.1. The molecule has 0 aromatic heterocycles. The summed E-state index contributed by atoms with van der Waals surface area (Å²) in [5, 5.41) is 3.16. The van der Waals surface area contributed by atoms with Gasteiger partial charge in [-0.15, -0.1) is 0 Å². The molecule has 1 atom stereocenters. The van der Waals surface area contributed by atoms with Crippen LogP contribution in [0, 0.1) is 0 Å². The molecule has 0 radical (unpaired) electrons. The second-order valence-electron chi connectivity index (χ2n) is 4.57. The molecule has 2 rings (SSSR count). The van der Waals surface area contributed by atoms with Gasteiger partial charge in [0, 0.05) is 25.7 Å². The van der Waals surface area contributed by atoms with Gasteiger partial charge in [-0.3, -0.25) is 0 Å². The molecule has 112 valence electrons. The molecule has 5 nitrogen and oxygen atoms in total. The Balaban J connectivity index is 2.17. The molecule has 1 aromatic carbocycles. The van der Waals surface area contributed by atoms with Gasteiger partial charge in [-0.1, -0.05) is 0 Å². The van der Waals surface area contributed by atoms with Crippen molar-refractivity contribution in [3.8, 4) is 5.75 Å². The van der Waals surface area contributed by atoms with Crippen LogP contribution in [0.3, 0.4) is 0 Å². The highest BCUT2D eigenvalue weighted by molar-refractivity contribution is 7.89. The molecule has 0 unspecified atom stereocenters. The summed E-state index contributed by atoms with van der Waals surface area (Å²) in [5.41, 5.74) is 0. The Morgan fingerprint density at radius 3 is 2.55 bits per heavy atom. The van der Waals surface area contributed by atoms with Crippen LogP contribution in [0.1, 0.15) is 6.92 Å². The van der Waals surface area contributed by atoms with Crippen molar-refractivity contribution in [2.24, 2.45) is 0 Å². The first-order valence-electron chi connectivity index (χ1n) is 6.18. The number of rotatable bonds is 4. The minimum absolute atomic E-state index is 0.0624. The highest BCUT2D eigenvalue weighted by Gasteiger charge is 2.28. The van der Waals surface area contributed by atoms with Gasteiger partial charge in [0.2, 0.25) is 10.0 Å². The van der Waals surface area contributed by atoms with Gasteiger partial charge >= 0.3 is 6.61 Å². The smallest absolute Gasteiger partial charge is 0.387 e. The lowest BCUT2D eigenvalue weighted by molar-refractivity contribution is -0.0498. The maximum Gasteiger partial charge on any atom is 0.387 e. The van der Waals surface area contributed by atoms with Crippen LogP contribution in [0.25, 0.3) is 0 Å². The van der Waals surface area contributed by atoms with E-state index in [4.69, 9.17) is 0 Å². The maximum atomic E-state index is 12.4. The maximum absolute atomic E-state index is 12.4. The second-order valence-corrected chi connectivity index (χ2v) is 6.51. The molecular weight excluding hydrogens is 290 g/mol. The fraction of sp³-hybridized carbons (Fsp3) is 0.500. The largest absolute Gasteiger partial charge is 0.435 e. The minimum atomic E-state index is -3.59. The highest BCUT2D eigenvalue weighted by Crippen LogP contribution is 2.21. The predicted octanol–water partition coefficient (Wildman–Crippen LogP) is 1.27. The molecule has 0 aliphatic carbocycles. The van der Waals surface area contributed by atoms with Crippen LogP contribution in [-0.2, 0) is 10.0 Å². The molecule has 1 aliphatic heterocycles. The van der Waals surface area contributed by atoms with Crippen molar-refractivity contribution in [3.63, 3.8) is 0 Å². The molecule has 0 amide bonds. The molecule has 0 bridgehead atoms. The van der Waals surface area contributed by atoms with Gasteiger partial charge in [0.05, 0.1) is 4.90 Å². The van der Waals surface area contributed by atoms with Crippen molar-refractivity contribution in [1.29, 1.82) is 0 Å². The Bertz CT molecular complexity index is 548. The van der Waals surface area contributed by atoms with Crippen LogP contribution < -0.4 is 10.1 Å². The number of hydrogen-bond acceptors (Lipinski definition) is 4. The summed E-state index contributed by atoms with van der Waals surface area (Å²) in [7, 11) is -3.59. The SMILES string of the molecule is C[C@H]1CN(S(=O)(=O)c2ccc(OC(F)F)cc2)CCN1. The van der Waals surface area contributed by atoms with Gasteiger partial charge in [0.1, 0.15) is 5.75 Å². The van der Waals surface area contributed by atoms with Crippen molar-refractivity contribution in [2.45, 2.75) is 24.5 Å². The summed E-state index contributed by atoms with van der Waals surface area (Å²) in [4.78, 5) is 0.0771. The number of halogens is 2. The van der Waals surface area contributed by atoms with E-state index in [0.29, 0.717) is 19.6 Å². The van der Waals surface area contributed by atoms with Crippen molar-refractivity contribution >= 4 is 10.0 Å². The number of hydrogen-bond donors (Lipinski definition) is 1. The third kappa shape index (κ3) is 3.44. The number of alkyl halides is 2. The zero-order chi connectivity index (χ0) is 14.8. The Morgan fingerprint density at radius 1 is 1.35 bits per heavy atom. The first-order valence-corrected chi connectivity index (χ1v) is 7.62. The predicted molar refractivity (Wildman–Crippen MR) is 69.3 cm³/mol. The Kier molecular flexibility index (Phi) is 4.56. The van der Waals surface area contributed by atoms with Crippen LogP contribution in [0.15, 0.2) is 29.2 Å². The molecular formula is C12H16F2N2O3S. The van der Waals surface area contributed by atoms with E-state index in [9.17, 15) is 17.2 Å². The number of sulfonamides is 1. The van der Waals surface area contributed by atoms with Gasteiger partial charge in [-0.2, -0.15) is 13.1 Å². The molecule has 0 spiro atoms. The fourth-order valence-electron chi connectivity index (χ4n) is 2.06. The summed E-state index contributed by atoms with van der Waals surface area (Å²) >= 11 is 0. The van der Waals surface area contributed by atoms with Gasteiger partial charge < -0.3 is 10.1 Å². The van der Waals surface area contributed by atoms with Crippen LogP contribution in [-0.4, -0.2) is 45.0 Å². The zero-order valence-electron chi connectivity index (χ0n) is 10.9. The van der Waals surface area contributed by atoms with Crippen LogP contribution in [0.4, 0.5) is 8.78 Å². The van der Waals surface area contributed by atoms with Crippen LogP contribution >= 0.6 is 0 Å². The van der Waals surface area contributed by atoms with Crippen molar-refractivity contribution in [3.05, 3.63) is 24.3 Å². The van der Waals surface area contributed by atoms with Gasteiger partial charge in [0.25, 0.3) is 0 Å². The number of nitrogens with one attached hydrogen (secondary N) is 1. The van der Waals surface area contributed by atoms with Crippen molar-refractivity contribution in [2.75, 3.05) is 19.6 Å². The molecule has 1 N–H and O–H groups in total. The van der Waals surface area contributed by atoms with E-state index < -0.39 is 16.6 Å². The lowest BCUT2D eigenvalue weighted by atomic mass is 10.3. The molecule has 0 saturated carbocycles. The van der Waals surface area contributed by atoms with Crippen molar-refractivity contribution in [1.82, 2.24) is 9.62 Å². The zero-order valence-corrected chi connectivity index (χ0v) is 11.7. The fourth-order valence-corrected chi connectivity index (χ4v) is 3.59. The van der Waals surface area contributed by atoms with E-state index in [1.165, 1.54) is 28.6 Å². The van der Waals surface area contributed by atoms with E-state index in [2.05, 4.69) is 10.1 Å². The van der Waals surface area contributed by atoms with E-state index in [-0.39, 0.29) is 16.7 Å². The van der Waals surface area contributed by atoms with E-state index in [0.717, 1.165) is 0 Å². The van der Waals surface area contributed by atoms with E-state index in [1.54, 1.807) is 0 Å². The third-order valence-corrected chi connectivity index (χ3v) is 4.90. The summed E-state index contributed by atoms with van der Waals surface area (Å²) in [5.74, 6) is -0.0624. The summed E-state index contributed by atoms with van der Waals surface area (Å²) in [6.07, 6.45) is 0. The highest BCUT2D eigenvalue weighted by atomic mass is 32.2. The molecule has 1 aromatic rings. The van der Waals surface area contributed by atoms with Gasteiger partial charge in [0.15, 0.2) is 0 Å². The molecule has 8 heteroatoms. The van der Waals surface area contributed by atoms with E-state index in [1.807, 2.05) is 6.92 Å². The Labute approximate surface area is 116 Å². The summed E-state index contributed by atoms with van der Waals surface area (Å²) < 4.78 is 54.4. The molecule has 1 saturated heterocycles. The second kappa shape index (κ2) is 6.02. The number of benzene rings is 1. The average molecular weight is 306 g/mol. The quantitative estimate of drug-likeness (QED) is 0.910. The third-order valence-electron chi connectivity index (χ3n) is 3.02. The van der Waals surface area contributed by atoms with Gasteiger partial charge in [-0.05, 0) is 31.2 Å². The lowest BCUT2D eigenvalue weighted by Crippen LogP contribution is -2.51. The first-order chi connectivity index (χ1) is 9.39.